The number of ether oxygens (including phenoxy) is 1. The maximum absolute atomic E-state index is 13.0. The molecule has 1 saturated heterocycles. The number of hydrogen-bond donors (Lipinski definition) is 2. The van der Waals surface area contributed by atoms with Crippen LogP contribution in [0.5, 0.6) is 11.5 Å². The third kappa shape index (κ3) is 4.02. The molecule has 0 atom stereocenters. The van der Waals surface area contributed by atoms with E-state index in [1.165, 1.54) is 25.3 Å². The van der Waals surface area contributed by atoms with Gasteiger partial charge in [-0.05, 0) is 63.3 Å². The van der Waals surface area contributed by atoms with E-state index in [1.807, 2.05) is 26.0 Å². The number of imide groups is 2. The highest BCUT2D eigenvalue weighted by atomic mass is 79.9. The third-order valence-electron chi connectivity index (χ3n) is 4.50. The Morgan fingerprint density at radius 2 is 1.79 bits per heavy atom. The Bertz CT molecular complexity index is 1030. The van der Waals surface area contributed by atoms with Gasteiger partial charge >= 0.3 is 6.03 Å². The van der Waals surface area contributed by atoms with Crippen LogP contribution in [0.15, 0.2) is 46.4 Å². The molecule has 2 aromatic carbocycles. The van der Waals surface area contributed by atoms with Crippen LogP contribution in [0.1, 0.15) is 30.9 Å². The molecular weight excluding hydrogens is 440 g/mol. The number of amides is 4. The van der Waals surface area contributed by atoms with Gasteiger partial charge in [0, 0.05) is 0 Å². The number of rotatable bonds is 4. The van der Waals surface area contributed by atoms with E-state index in [9.17, 15) is 19.5 Å². The Balaban J connectivity index is 2.01. The molecule has 2 N–H and O–H groups in total. The van der Waals surface area contributed by atoms with Crippen LogP contribution in [0.3, 0.4) is 0 Å². The molecule has 150 valence electrons. The first-order valence-corrected chi connectivity index (χ1v) is 9.60. The molecule has 1 aliphatic heterocycles. The molecule has 0 unspecified atom stereocenters. The monoisotopic (exact) mass is 458 g/mol. The lowest BCUT2D eigenvalue weighted by Gasteiger charge is -2.26. The quantitative estimate of drug-likeness (QED) is 0.533. The van der Waals surface area contributed by atoms with Crippen molar-refractivity contribution in [3.63, 3.8) is 0 Å². The zero-order chi connectivity index (χ0) is 21.3. The molecule has 4 amide bonds. The van der Waals surface area contributed by atoms with E-state index in [0.717, 1.165) is 10.5 Å². The molecule has 7 nitrogen and oxygen atoms in total. The van der Waals surface area contributed by atoms with E-state index in [0.29, 0.717) is 21.6 Å². The number of barbiturate groups is 1. The van der Waals surface area contributed by atoms with Gasteiger partial charge in [-0.25, -0.2) is 9.69 Å². The molecule has 0 spiro atoms. The van der Waals surface area contributed by atoms with Gasteiger partial charge in [0.2, 0.25) is 0 Å². The number of benzene rings is 2. The Morgan fingerprint density at radius 1 is 1.14 bits per heavy atom. The number of phenolic OH excluding ortho intramolecular Hbond substituents is 1. The fourth-order valence-electron chi connectivity index (χ4n) is 2.90. The maximum atomic E-state index is 13.0. The lowest BCUT2D eigenvalue weighted by molar-refractivity contribution is -0.122. The molecule has 1 fully saturated rings. The van der Waals surface area contributed by atoms with Gasteiger partial charge in [-0.1, -0.05) is 26.0 Å². The zero-order valence-corrected chi connectivity index (χ0v) is 17.6. The SMILES string of the molecule is COc1cc(C=C2C(=O)NC(=O)N(c3ccc(C(C)C)cc3)C2=O)cc(Br)c1O. The van der Waals surface area contributed by atoms with Gasteiger partial charge in [0.25, 0.3) is 11.8 Å². The number of urea groups is 1. The minimum atomic E-state index is -0.807. The highest BCUT2D eigenvalue weighted by Crippen LogP contribution is 2.36. The minimum Gasteiger partial charge on any atom is -0.503 e. The Labute approximate surface area is 176 Å². The topological polar surface area (TPSA) is 95.9 Å². The largest absolute Gasteiger partial charge is 0.503 e. The second kappa shape index (κ2) is 8.08. The number of carbonyl (C=O) groups excluding carboxylic acids is 3. The molecule has 0 aliphatic carbocycles. The molecule has 3 rings (SSSR count). The maximum Gasteiger partial charge on any atom is 0.335 e. The Kier molecular flexibility index (Phi) is 5.74. The summed E-state index contributed by atoms with van der Waals surface area (Å²) in [6.45, 7) is 4.08. The molecule has 2 aromatic rings. The fraction of sp³-hybridized carbons (Fsp3) is 0.190. The highest BCUT2D eigenvalue weighted by molar-refractivity contribution is 9.10. The molecule has 0 radical (unpaired) electrons. The normalized spacial score (nSPS) is 15.8. The van der Waals surface area contributed by atoms with Crippen LogP contribution in [0.25, 0.3) is 6.08 Å². The van der Waals surface area contributed by atoms with Gasteiger partial charge in [-0.2, -0.15) is 0 Å². The Morgan fingerprint density at radius 3 is 2.38 bits per heavy atom. The van der Waals surface area contributed by atoms with E-state index >= 15 is 0 Å². The molecule has 1 aliphatic rings. The van der Waals surface area contributed by atoms with Crippen molar-refractivity contribution in [3.8, 4) is 11.5 Å². The number of nitrogens with one attached hydrogen (secondary N) is 1. The average molecular weight is 459 g/mol. The summed E-state index contributed by atoms with van der Waals surface area (Å²) in [5.74, 6) is -1.16. The van der Waals surface area contributed by atoms with Gasteiger partial charge < -0.3 is 9.84 Å². The van der Waals surface area contributed by atoms with Crippen molar-refractivity contribution in [2.75, 3.05) is 12.0 Å². The van der Waals surface area contributed by atoms with Gasteiger partial charge in [-0.15, -0.1) is 0 Å². The van der Waals surface area contributed by atoms with E-state index in [4.69, 9.17) is 4.74 Å². The van der Waals surface area contributed by atoms with Crippen molar-refractivity contribution in [3.05, 3.63) is 57.6 Å². The molecule has 1 heterocycles. The standard InChI is InChI=1S/C21H19BrN2O5/c1-11(2)13-4-6-14(7-5-13)24-20(27)15(19(26)23-21(24)28)8-12-9-16(22)18(25)17(10-12)29-3/h4-11,25H,1-3H3,(H,23,26,28). The van der Waals surface area contributed by atoms with Crippen molar-refractivity contribution >= 4 is 45.5 Å². The molecule has 0 aromatic heterocycles. The molecule has 8 heteroatoms. The second-order valence-corrected chi connectivity index (χ2v) is 7.61. The highest BCUT2D eigenvalue weighted by Gasteiger charge is 2.36. The minimum absolute atomic E-state index is 0.101. The van der Waals surface area contributed by atoms with Gasteiger partial charge in [0.1, 0.15) is 5.57 Å². The number of nitrogens with zero attached hydrogens (tertiary/aromatic N) is 1. The van der Waals surface area contributed by atoms with E-state index in [2.05, 4.69) is 21.2 Å². The van der Waals surface area contributed by atoms with Crippen molar-refractivity contribution in [2.24, 2.45) is 0 Å². The van der Waals surface area contributed by atoms with Gasteiger partial charge in [0.05, 0.1) is 17.3 Å². The van der Waals surface area contributed by atoms with E-state index < -0.39 is 17.8 Å². The summed E-state index contributed by atoms with van der Waals surface area (Å²) in [5.41, 5.74) is 1.65. The molecule has 0 saturated carbocycles. The molecule has 0 bridgehead atoms. The number of aromatic hydroxyl groups is 1. The van der Waals surface area contributed by atoms with Crippen LogP contribution < -0.4 is 15.0 Å². The summed E-state index contributed by atoms with van der Waals surface area (Å²) in [6, 6.07) is 9.21. The molecule has 29 heavy (non-hydrogen) atoms. The first-order valence-electron chi connectivity index (χ1n) is 8.80. The number of hydrogen-bond acceptors (Lipinski definition) is 5. The molecular formula is C21H19BrN2O5. The predicted molar refractivity (Wildman–Crippen MR) is 112 cm³/mol. The van der Waals surface area contributed by atoms with Crippen LogP contribution in [-0.2, 0) is 9.59 Å². The zero-order valence-electron chi connectivity index (χ0n) is 16.0. The number of phenols is 1. The van der Waals surface area contributed by atoms with Crippen molar-refractivity contribution in [1.29, 1.82) is 0 Å². The first-order chi connectivity index (χ1) is 13.7. The lowest BCUT2D eigenvalue weighted by atomic mass is 10.0. The van der Waals surface area contributed by atoms with Crippen LogP contribution in [0.2, 0.25) is 0 Å². The number of halogens is 1. The average Bonchev–Trinajstić information content (AvgIpc) is 2.68. The summed E-state index contributed by atoms with van der Waals surface area (Å²) >= 11 is 3.20. The van der Waals surface area contributed by atoms with Crippen LogP contribution in [0, 0.1) is 0 Å². The smallest absolute Gasteiger partial charge is 0.335 e. The fourth-order valence-corrected chi connectivity index (χ4v) is 3.36. The summed E-state index contributed by atoms with van der Waals surface area (Å²) in [6.07, 6.45) is 1.34. The van der Waals surface area contributed by atoms with Crippen LogP contribution in [0.4, 0.5) is 10.5 Å². The first kappa shape index (κ1) is 20.6. The third-order valence-corrected chi connectivity index (χ3v) is 5.11. The summed E-state index contributed by atoms with van der Waals surface area (Å²) < 4.78 is 5.43. The van der Waals surface area contributed by atoms with E-state index in [1.54, 1.807) is 12.1 Å². The van der Waals surface area contributed by atoms with Crippen molar-refractivity contribution < 1.29 is 24.2 Å². The van der Waals surface area contributed by atoms with E-state index in [-0.39, 0.29) is 17.1 Å². The summed E-state index contributed by atoms with van der Waals surface area (Å²) in [7, 11) is 1.39. The van der Waals surface area contributed by atoms with Gasteiger partial charge in [-0.3, -0.25) is 14.9 Å². The number of methoxy groups -OCH3 is 1. The number of carbonyl (C=O) groups is 3. The second-order valence-electron chi connectivity index (χ2n) is 6.76. The summed E-state index contributed by atoms with van der Waals surface area (Å²) in [4.78, 5) is 38.5. The van der Waals surface area contributed by atoms with Crippen molar-refractivity contribution in [2.45, 2.75) is 19.8 Å². The van der Waals surface area contributed by atoms with Crippen LogP contribution >= 0.6 is 15.9 Å². The number of anilines is 1. The van der Waals surface area contributed by atoms with Gasteiger partial charge in [0.15, 0.2) is 11.5 Å². The Hall–Kier alpha value is -3.13. The van der Waals surface area contributed by atoms with Crippen molar-refractivity contribution in [1.82, 2.24) is 5.32 Å². The summed E-state index contributed by atoms with van der Waals surface area (Å²) in [5, 5.41) is 12.1. The lowest BCUT2D eigenvalue weighted by Crippen LogP contribution is -2.54. The predicted octanol–water partition coefficient (Wildman–Crippen LogP) is 3.95. The van der Waals surface area contributed by atoms with Crippen LogP contribution in [-0.4, -0.2) is 30.1 Å².